The van der Waals surface area contributed by atoms with E-state index in [1.807, 2.05) is 24.3 Å². The summed E-state index contributed by atoms with van der Waals surface area (Å²) < 4.78 is 6.10. The number of carbonyl (C=O) groups excluding carboxylic acids is 1. The van der Waals surface area contributed by atoms with Gasteiger partial charge in [-0.15, -0.1) is 0 Å². The topological polar surface area (TPSA) is 51.5 Å². The third-order valence-electron chi connectivity index (χ3n) is 2.70. The van der Waals surface area contributed by atoms with Gasteiger partial charge in [-0.1, -0.05) is 22.0 Å². The van der Waals surface area contributed by atoms with Crippen molar-refractivity contribution in [3.05, 3.63) is 70.1 Å². The summed E-state index contributed by atoms with van der Waals surface area (Å²) in [5.41, 5.74) is 1.89. The minimum Gasteiger partial charge on any atom is -0.402 e. The van der Waals surface area contributed by atoms with Crippen molar-refractivity contribution in [3.63, 3.8) is 0 Å². The van der Waals surface area contributed by atoms with Gasteiger partial charge in [-0.05, 0) is 42.0 Å². The molecule has 0 N–H and O–H groups in total. The molecule has 0 saturated carbocycles. The van der Waals surface area contributed by atoms with Crippen molar-refractivity contribution in [1.29, 1.82) is 0 Å². The van der Waals surface area contributed by atoms with Gasteiger partial charge in [0.2, 0.25) is 5.90 Å². The number of nitrogens with zero attached hydrogens (tertiary/aromatic N) is 2. The number of aromatic nitrogens is 1. The number of ether oxygens (including phenoxy) is 1. The molecule has 1 aromatic heterocycles. The van der Waals surface area contributed by atoms with Crippen LogP contribution in [0.25, 0.3) is 6.08 Å². The predicted molar refractivity (Wildman–Crippen MR) is 79.0 cm³/mol. The number of rotatable bonds is 2. The van der Waals surface area contributed by atoms with Crippen LogP contribution < -0.4 is 0 Å². The quantitative estimate of drug-likeness (QED) is 0.628. The van der Waals surface area contributed by atoms with E-state index < -0.39 is 5.97 Å². The normalized spacial score (nSPS) is 16.1. The fourth-order valence-corrected chi connectivity index (χ4v) is 2.17. The van der Waals surface area contributed by atoms with Gasteiger partial charge in [-0.2, -0.15) is 0 Å². The summed E-state index contributed by atoms with van der Waals surface area (Å²) in [5.74, 6) is -0.131. The van der Waals surface area contributed by atoms with Crippen LogP contribution in [0.4, 0.5) is 0 Å². The highest BCUT2D eigenvalue weighted by atomic mass is 79.9. The van der Waals surface area contributed by atoms with Crippen molar-refractivity contribution in [2.24, 2.45) is 4.99 Å². The summed E-state index contributed by atoms with van der Waals surface area (Å²) in [5, 5.41) is 0. The maximum Gasteiger partial charge on any atom is 0.363 e. The van der Waals surface area contributed by atoms with Crippen LogP contribution in [0.15, 0.2) is 64.0 Å². The van der Waals surface area contributed by atoms with Gasteiger partial charge in [0.1, 0.15) is 0 Å². The number of aliphatic imine (C=N–C) groups is 1. The highest BCUT2D eigenvalue weighted by Crippen LogP contribution is 2.20. The summed E-state index contributed by atoms with van der Waals surface area (Å²) in [6.45, 7) is 0. The van der Waals surface area contributed by atoms with Gasteiger partial charge in [0.05, 0.1) is 0 Å². The molecule has 0 spiro atoms. The minimum atomic E-state index is -0.447. The number of carbonyl (C=O) groups is 1. The summed E-state index contributed by atoms with van der Waals surface area (Å²) in [7, 11) is 0. The smallest absolute Gasteiger partial charge is 0.363 e. The van der Waals surface area contributed by atoms with E-state index in [-0.39, 0.29) is 5.70 Å². The second kappa shape index (κ2) is 5.38. The van der Waals surface area contributed by atoms with Gasteiger partial charge in [-0.3, -0.25) is 4.98 Å². The first-order chi connectivity index (χ1) is 9.72. The Morgan fingerprint density at radius 3 is 2.70 bits per heavy atom. The highest BCUT2D eigenvalue weighted by Gasteiger charge is 2.24. The maximum atomic E-state index is 11.8. The minimum absolute atomic E-state index is 0.283. The van der Waals surface area contributed by atoms with Gasteiger partial charge < -0.3 is 4.74 Å². The predicted octanol–water partition coefficient (Wildman–Crippen LogP) is 3.19. The Bertz CT molecular complexity index is 724. The lowest BCUT2D eigenvalue weighted by molar-refractivity contribution is -0.129. The van der Waals surface area contributed by atoms with E-state index in [2.05, 4.69) is 25.9 Å². The van der Waals surface area contributed by atoms with E-state index in [0.29, 0.717) is 5.90 Å². The van der Waals surface area contributed by atoms with Crippen LogP contribution in [0.3, 0.4) is 0 Å². The molecule has 0 fully saturated rings. The van der Waals surface area contributed by atoms with Gasteiger partial charge in [0.25, 0.3) is 0 Å². The maximum absolute atomic E-state index is 11.8. The average Bonchev–Trinajstić information content (AvgIpc) is 2.81. The van der Waals surface area contributed by atoms with Crippen LogP contribution in [0, 0.1) is 0 Å². The molecule has 98 valence electrons. The van der Waals surface area contributed by atoms with Gasteiger partial charge in [-0.25, -0.2) is 9.79 Å². The van der Waals surface area contributed by atoms with Crippen molar-refractivity contribution in [3.8, 4) is 0 Å². The molecule has 20 heavy (non-hydrogen) atoms. The zero-order valence-corrected chi connectivity index (χ0v) is 11.9. The summed E-state index contributed by atoms with van der Waals surface area (Å²) in [6, 6.07) is 11.0. The largest absolute Gasteiger partial charge is 0.402 e. The summed E-state index contributed by atoms with van der Waals surface area (Å²) >= 11 is 3.38. The van der Waals surface area contributed by atoms with Crippen LogP contribution in [-0.4, -0.2) is 16.9 Å². The van der Waals surface area contributed by atoms with Gasteiger partial charge in [0.15, 0.2) is 5.70 Å². The number of halogens is 1. The molecule has 0 bridgehead atoms. The Hall–Kier alpha value is -2.27. The van der Waals surface area contributed by atoms with Crippen molar-refractivity contribution in [2.45, 2.75) is 0 Å². The van der Waals surface area contributed by atoms with Crippen LogP contribution in [-0.2, 0) is 9.53 Å². The third kappa shape index (κ3) is 2.67. The van der Waals surface area contributed by atoms with E-state index >= 15 is 0 Å². The molecular weight excluding hydrogens is 320 g/mol. The Morgan fingerprint density at radius 2 is 1.95 bits per heavy atom. The molecule has 3 rings (SSSR count). The number of benzene rings is 1. The van der Waals surface area contributed by atoms with E-state index in [1.54, 1.807) is 30.6 Å². The SMILES string of the molecule is O=C1OC(c2cccc(Br)c2)=NC1=Cc1ccncc1. The summed E-state index contributed by atoms with van der Waals surface area (Å²) in [6.07, 6.45) is 4.99. The number of hydrogen-bond acceptors (Lipinski definition) is 4. The molecule has 0 saturated heterocycles. The fraction of sp³-hybridized carbons (Fsp3) is 0. The average molecular weight is 329 g/mol. The van der Waals surface area contributed by atoms with Crippen LogP contribution in [0.5, 0.6) is 0 Å². The number of pyridine rings is 1. The van der Waals surface area contributed by atoms with E-state index in [9.17, 15) is 4.79 Å². The molecule has 1 aliphatic rings. The first-order valence-electron chi connectivity index (χ1n) is 5.91. The number of esters is 1. The molecule has 0 radical (unpaired) electrons. The van der Waals surface area contributed by atoms with Gasteiger partial charge >= 0.3 is 5.97 Å². The molecule has 2 aromatic rings. The molecule has 5 heteroatoms. The van der Waals surface area contributed by atoms with Crippen LogP contribution in [0.2, 0.25) is 0 Å². The second-order valence-electron chi connectivity index (χ2n) is 4.13. The van der Waals surface area contributed by atoms with E-state index in [1.165, 1.54) is 0 Å². The molecule has 0 atom stereocenters. The van der Waals surface area contributed by atoms with Crippen molar-refractivity contribution in [2.75, 3.05) is 0 Å². The molecule has 1 aromatic carbocycles. The van der Waals surface area contributed by atoms with E-state index in [0.717, 1.165) is 15.6 Å². The Morgan fingerprint density at radius 1 is 1.15 bits per heavy atom. The molecule has 0 amide bonds. The van der Waals surface area contributed by atoms with Crippen molar-refractivity contribution < 1.29 is 9.53 Å². The number of cyclic esters (lactones) is 1. The van der Waals surface area contributed by atoms with Crippen molar-refractivity contribution in [1.82, 2.24) is 4.98 Å². The number of hydrogen-bond donors (Lipinski definition) is 0. The zero-order chi connectivity index (χ0) is 13.9. The van der Waals surface area contributed by atoms with Crippen molar-refractivity contribution >= 4 is 33.9 Å². The lowest BCUT2D eigenvalue weighted by Crippen LogP contribution is -2.05. The van der Waals surface area contributed by atoms with Gasteiger partial charge in [0, 0.05) is 22.4 Å². The fourth-order valence-electron chi connectivity index (χ4n) is 1.77. The van der Waals surface area contributed by atoms with E-state index in [4.69, 9.17) is 4.74 Å². The zero-order valence-electron chi connectivity index (χ0n) is 10.3. The standard InChI is InChI=1S/C15H9BrN2O2/c16-12-3-1-2-11(9-12)14-18-13(15(19)20-14)8-10-4-6-17-7-5-10/h1-9H. The molecule has 0 unspecified atom stereocenters. The van der Waals surface area contributed by atoms with Crippen LogP contribution in [0.1, 0.15) is 11.1 Å². The highest BCUT2D eigenvalue weighted by molar-refractivity contribution is 9.10. The second-order valence-corrected chi connectivity index (χ2v) is 5.04. The molecule has 4 nitrogen and oxygen atoms in total. The first-order valence-corrected chi connectivity index (χ1v) is 6.70. The Kier molecular flexibility index (Phi) is 3.43. The molecule has 0 aliphatic carbocycles. The first kappa shape index (κ1) is 12.7. The third-order valence-corrected chi connectivity index (χ3v) is 3.19. The Balaban J connectivity index is 1.95. The summed E-state index contributed by atoms with van der Waals surface area (Å²) in [4.78, 5) is 20.0. The molecule has 2 heterocycles. The molecule has 1 aliphatic heterocycles. The monoisotopic (exact) mass is 328 g/mol. The Labute approximate surface area is 124 Å². The molecular formula is C15H9BrN2O2. The van der Waals surface area contributed by atoms with Crippen LogP contribution >= 0.6 is 15.9 Å². The lowest BCUT2D eigenvalue weighted by atomic mass is 10.2. The lowest BCUT2D eigenvalue weighted by Gasteiger charge is -1.99.